The minimum Gasteiger partial charge on any atom is -0.444 e. The number of ether oxygens (including phenoxy) is 1. The summed E-state index contributed by atoms with van der Waals surface area (Å²) in [7, 11) is 1.81. The molecule has 1 fully saturated rings. The summed E-state index contributed by atoms with van der Waals surface area (Å²) in [4.78, 5) is 15.8. The van der Waals surface area contributed by atoms with E-state index in [0.29, 0.717) is 12.0 Å². The molecule has 1 saturated heterocycles. The first-order valence-electron chi connectivity index (χ1n) is 6.37. The molecule has 1 amide bonds. The summed E-state index contributed by atoms with van der Waals surface area (Å²) < 4.78 is 5.32. The van der Waals surface area contributed by atoms with Crippen molar-refractivity contribution < 1.29 is 9.53 Å². The van der Waals surface area contributed by atoms with Gasteiger partial charge in [-0.05, 0) is 34.6 Å². The quantitative estimate of drug-likeness (QED) is 0.760. The third kappa shape index (κ3) is 4.54. The highest BCUT2D eigenvalue weighted by molar-refractivity contribution is 5.67. The summed E-state index contributed by atoms with van der Waals surface area (Å²) in [6.45, 7) is 13.0. The number of likely N-dealkylation sites (tertiary alicyclic amines) is 1. The van der Waals surface area contributed by atoms with E-state index in [1.165, 1.54) is 0 Å². The number of carbonyl (C=O) groups is 1. The van der Waals surface area contributed by atoms with E-state index in [0.717, 1.165) is 19.6 Å². The second-order valence-corrected chi connectivity index (χ2v) is 6.27. The molecule has 0 aliphatic carbocycles. The molecule has 0 radical (unpaired) electrons. The van der Waals surface area contributed by atoms with Crippen LogP contribution in [-0.2, 0) is 4.74 Å². The van der Waals surface area contributed by atoms with Crippen LogP contribution < -0.4 is 0 Å². The molecule has 4 nitrogen and oxygen atoms in total. The first-order chi connectivity index (χ1) is 7.69. The van der Waals surface area contributed by atoms with Crippen molar-refractivity contribution in [2.45, 2.75) is 46.3 Å². The Morgan fingerprint density at radius 3 is 2.35 bits per heavy atom. The fourth-order valence-corrected chi connectivity index (χ4v) is 1.95. The Hall–Kier alpha value is -0.770. The Kier molecular flexibility index (Phi) is 4.42. The Balaban J connectivity index is 2.27. The zero-order chi connectivity index (χ0) is 13.2. The van der Waals surface area contributed by atoms with Gasteiger partial charge in [-0.15, -0.1) is 0 Å². The van der Waals surface area contributed by atoms with Gasteiger partial charge < -0.3 is 14.5 Å². The van der Waals surface area contributed by atoms with E-state index in [1.807, 2.05) is 27.8 Å². The van der Waals surface area contributed by atoms with Gasteiger partial charge in [0.1, 0.15) is 5.60 Å². The van der Waals surface area contributed by atoms with E-state index in [9.17, 15) is 4.79 Å². The highest BCUT2D eigenvalue weighted by Gasteiger charge is 2.31. The zero-order valence-corrected chi connectivity index (χ0v) is 12.0. The Morgan fingerprint density at radius 2 is 1.94 bits per heavy atom. The van der Waals surface area contributed by atoms with Crippen molar-refractivity contribution in [1.29, 1.82) is 0 Å². The van der Waals surface area contributed by atoms with Crippen molar-refractivity contribution in [3.05, 3.63) is 0 Å². The second kappa shape index (κ2) is 5.25. The molecular weight excluding hydrogens is 216 g/mol. The summed E-state index contributed by atoms with van der Waals surface area (Å²) in [6.07, 6.45) is -0.222. The maximum absolute atomic E-state index is 11.7. The molecular formula is C13H26N2O2. The van der Waals surface area contributed by atoms with Crippen LogP contribution in [-0.4, -0.2) is 54.2 Å². The molecule has 0 N–H and O–H groups in total. The molecule has 0 aromatic rings. The largest absolute Gasteiger partial charge is 0.444 e. The van der Waals surface area contributed by atoms with Crippen LogP contribution in [0.4, 0.5) is 4.79 Å². The van der Waals surface area contributed by atoms with Gasteiger partial charge in [0.05, 0.1) is 0 Å². The molecule has 1 aliphatic heterocycles. The van der Waals surface area contributed by atoms with Crippen molar-refractivity contribution in [2.75, 3.05) is 26.7 Å². The standard InChI is InChI=1S/C13H26N2O2/c1-10(2)15-8-11(9-15)7-14(6)12(16)17-13(3,4)5/h10-11H,7-9H2,1-6H3. The van der Waals surface area contributed by atoms with Crippen LogP contribution in [0.5, 0.6) is 0 Å². The lowest BCUT2D eigenvalue weighted by molar-refractivity contribution is 0.0110. The van der Waals surface area contributed by atoms with E-state index in [-0.39, 0.29) is 6.09 Å². The van der Waals surface area contributed by atoms with Gasteiger partial charge in [-0.2, -0.15) is 0 Å². The van der Waals surface area contributed by atoms with Crippen LogP contribution in [0.1, 0.15) is 34.6 Å². The topological polar surface area (TPSA) is 32.8 Å². The van der Waals surface area contributed by atoms with Gasteiger partial charge in [-0.3, -0.25) is 0 Å². The van der Waals surface area contributed by atoms with Crippen molar-refractivity contribution >= 4 is 6.09 Å². The van der Waals surface area contributed by atoms with Crippen LogP contribution in [0.3, 0.4) is 0 Å². The Labute approximate surface area is 105 Å². The molecule has 0 saturated carbocycles. The van der Waals surface area contributed by atoms with E-state index in [2.05, 4.69) is 18.7 Å². The highest BCUT2D eigenvalue weighted by atomic mass is 16.6. The molecule has 1 aliphatic rings. The smallest absolute Gasteiger partial charge is 0.410 e. The van der Waals surface area contributed by atoms with Crippen LogP contribution >= 0.6 is 0 Å². The first kappa shape index (κ1) is 14.3. The average molecular weight is 242 g/mol. The van der Waals surface area contributed by atoms with Gasteiger partial charge in [0, 0.05) is 38.6 Å². The van der Waals surface area contributed by atoms with Crippen molar-refractivity contribution in [1.82, 2.24) is 9.80 Å². The Bertz CT molecular complexity index is 265. The van der Waals surface area contributed by atoms with Crippen molar-refractivity contribution in [3.8, 4) is 0 Å². The van der Waals surface area contributed by atoms with Gasteiger partial charge in [0.25, 0.3) is 0 Å². The van der Waals surface area contributed by atoms with Gasteiger partial charge in [0.15, 0.2) is 0 Å². The maximum Gasteiger partial charge on any atom is 0.410 e. The van der Waals surface area contributed by atoms with Gasteiger partial charge >= 0.3 is 6.09 Å². The number of carbonyl (C=O) groups excluding carboxylic acids is 1. The summed E-state index contributed by atoms with van der Waals surface area (Å²) >= 11 is 0. The second-order valence-electron chi connectivity index (χ2n) is 6.27. The van der Waals surface area contributed by atoms with Crippen LogP contribution in [0.15, 0.2) is 0 Å². The molecule has 0 bridgehead atoms. The number of hydrogen-bond acceptors (Lipinski definition) is 3. The van der Waals surface area contributed by atoms with E-state index in [1.54, 1.807) is 4.90 Å². The van der Waals surface area contributed by atoms with E-state index < -0.39 is 5.60 Å². The first-order valence-corrected chi connectivity index (χ1v) is 6.37. The lowest BCUT2D eigenvalue weighted by Crippen LogP contribution is -2.54. The SMILES string of the molecule is CC(C)N1CC(CN(C)C(=O)OC(C)(C)C)C1. The fourth-order valence-electron chi connectivity index (χ4n) is 1.95. The molecule has 1 heterocycles. The molecule has 0 aromatic carbocycles. The number of rotatable bonds is 3. The normalized spacial score (nSPS) is 18.1. The zero-order valence-electron chi connectivity index (χ0n) is 12.0. The van der Waals surface area contributed by atoms with Crippen molar-refractivity contribution in [3.63, 3.8) is 0 Å². The molecule has 0 unspecified atom stereocenters. The van der Waals surface area contributed by atoms with E-state index in [4.69, 9.17) is 4.74 Å². The molecule has 0 spiro atoms. The molecule has 4 heteroatoms. The predicted octanol–water partition coefficient (Wildman–Crippen LogP) is 2.19. The molecule has 1 rings (SSSR count). The van der Waals surface area contributed by atoms with Crippen LogP contribution in [0.25, 0.3) is 0 Å². The highest BCUT2D eigenvalue weighted by Crippen LogP contribution is 2.19. The van der Waals surface area contributed by atoms with Gasteiger partial charge in [0.2, 0.25) is 0 Å². The van der Waals surface area contributed by atoms with Crippen LogP contribution in [0.2, 0.25) is 0 Å². The molecule has 0 atom stereocenters. The fraction of sp³-hybridized carbons (Fsp3) is 0.923. The third-order valence-corrected chi connectivity index (χ3v) is 2.95. The number of hydrogen-bond donors (Lipinski definition) is 0. The van der Waals surface area contributed by atoms with Gasteiger partial charge in [-0.1, -0.05) is 0 Å². The van der Waals surface area contributed by atoms with Crippen molar-refractivity contribution in [2.24, 2.45) is 5.92 Å². The number of amides is 1. The summed E-state index contributed by atoms with van der Waals surface area (Å²) in [5.74, 6) is 0.593. The molecule has 17 heavy (non-hydrogen) atoms. The summed E-state index contributed by atoms with van der Waals surface area (Å²) in [5, 5.41) is 0. The maximum atomic E-state index is 11.7. The average Bonchev–Trinajstić information content (AvgIpc) is 2.06. The monoisotopic (exact) mass is 242 g/mol. The lowest BCUT2D eigenvalue weighted by Gasteiger charge is -2.43. The van der Waals surface area contributed by atoms with Crippen LogP contribution in [0, 0.1) is 5.92 Å². The van der Waals surface area contributed by atoms with Gasteiger partial charge in [-0.25, -0.2) is 4.79 Å². The predicted molar refractivity (Wildman–Crippen MR) is 69.1 cm³/mol. The number of nitrogens with zero attached hydrogens (tertiary/aromatic N) is 2. The lowest BCUT2D eigenvalue weighted by atomic mass is 9.98. The van der Waals surface area contributed by atoms with E-state index >= 15 is 0 Å². The minimum atomic E-state index is -0.408. The minimum absolute atomic E-state index is 0.222. The summed E-state index contributed by atoms with van der Waals surface area (Å²) in [5.41, 5.74) is -0.408. The molecule has 100 valence electrons. The Morgan fingerprint density at radius 1 is 1.41 bits per heavy atom. The molecule has 0 aromatic heterocycles. The third-order valence-electron chi connectivity index (χ3n) is 2.95. The summed E-state index contributed by atoms with van der Waals surface area (Å²) in [6, 6.07) is 0.609.